The fourth-order valence-electron chi connectivity index (χ4n) is 1.88. The van der Waals surface area contributed by atoms with Gasteiger partial charge in [0.05, 0.1) is 0 Å². The highest BCUT2D eigenvalue weighted by Gasteiger charge is 2.09. The number of rotatable bonds is 5. The van der Waals surface area contributed by atoms with Crippen LogP contribution in [0.2, 0.25) is 0 Å². The first-order chi connectivity index (χ1) is 7.56. The number of phenols is 1. The number of halogens is 1. The quantitative estimate of drug-likeness (QED) is 0.711. The van der Waals surface area contributed by atoms with Gasteiger partial charge in [0.2, 0.25) is 0 Å². The Bertz CT molecular complexity index is 332. The van der Waals surface area contributed by atoms with Crippen molar-refractivity contribution >= 4 is 12.4 Å². The second-order valence-corrected chi connectivity index (χ2v) is 4.39. The van der Waals surface area contributed by atoms with Crippen molar-refractivity contribution in [2.45, 2.75) is 39.2 Å². The first kappa shape index (κ1) is 16.2. The maximum atomic E-state index is 9.67. The molecular weight excluding hydrogens is 236 g/mol. The lowest BCUT2D eigenvalue weighted by Crippen LogP contribution is -2.11. The molecule has 0 bridgehead atoms. The van der Waals surface area contributed by atoms with Crippen LogP contribution in [0.15, 0.2) is 12.1 Å². The van der Waals surface area contributed by atoms with Crippen LogP contribution in [-0.2, 0) is 0 Å². The molecule has 0 heterocycles. The second kappa shape index (κ2) is 7.54. The van der Waals surface area contributed by atoms with E-state index in [4.69, 9.17) is 11.5 Å². The molecule has 0 fully saturated rings. The first-order valence-electron chi connectivity index (χ1n) is 5.82. The topological polar surface area (TPSA) is 72.3 Å². The average molecular weight is 259 g/mol. The first-order valence-corrected chi connectivity index (χ1v) is 5.82. The molecule has 0 spiro atoms. The molecule has 1 atom stereocenters. The SMILES string of the molecule is Cc1cc([C@H](N)CCCCN)cc(C)c1O.Cl. The average Bonchev–Trinajstić information content (AvgIpc) is 2.25. The maximum Gasteiger partial charge on any atom is 0.121 e. The number of aromatic hydroxyl groups is 1. The molecule has 1 aromatic rings. The Balaban J connectivity index is 0.00000256. The zero-order chi connectivity index (χ0) is 12.1. The molecule has 0 aliphatic heterocycles. The van der Waals surface area contributed by atoms with Crippen LogP contribution >= 0.6 is 12.4 Å². The summed E-state index contributed by atoms with van der Waals surface area (Å²) in [5.41, 5.74) is 14.4. The highest BCUT2D eigenvalue weighted by Crippen LogP contribution is 2.27. The number of benzene rings is 1. The molecule has 0 unspecified atom stereocenters. The van der Waals surface area contributed by atoms with Crippen molar-refractivity contribution in [3.8, 4) is 5.75 Å². The minimum absolute atomic E-state index is 0. The summed E-state index contributed by atoms with van der Waals surface area (Å²) in [6.45, 7) is 4.53. The Labute approximate surface area is 110 Å². The van der Waals surface area contributed by atoms with Crippen LogP contribution in [0.3, 0.4) is 0 Å². The van der Waals surface area contributed by atoms with E-state index in [2.05, 4.69) is 0 Å². The van der Waals surface area contributed by atoms with Crippen molar-refractivity contribution in [3.05, 3.63) is 28.8 Å². The van der Waals surface area contributed by atoms with E-state index in [9.17, 15) is 5.11 Å². The van der Waals surface area contributed by atoms with Gasteiger partial charge in [0, 0.05) is 6.04 Å². The van der Waals surface area contributed by atoms with Crippen molar-refractivity contribution in [3.63, 3.8) is 0 Å². The third kappa shape index (κ3) is 4.54. The van der Waals surface area contributed by atoms with Crippen LogP contribution in [0, 0.1) is 13.8 Å². The van der Waals surface area contributed by atoms with E-state index in [0.717, 1.165) is 42.5 Å². The van der Waals surface area contributed by atoms with E-state index < -0.39 is 0 Å². The van der Waals surface area contributed by atoms with Crippen LogP contribution < -0.4 is 11.5 Å². The third-order valence-electron chi connectivity index (χ3n) is 2.91. The molecule has 4 heteroatoms. The standard InChI is InChI=1S/C13H22N2O.ClH/c1-9-7-11(8-10(2)13(9)16)12(15)5-3-4-6-14;/h7-8,12,16H,3-6,14-15H2,1-2H3;1H/t12-;/m1./s1. The van der Waals surface area contributed by atoms with Gasteiger partial charge >= 0.3 is 0 Å². The van der Waals surface area contributed by atoms with E-state index in [0.29, 0.717) is 5.75 Å². The van der Waals surface area contributed by atoms with Crippen molar-refractivity contribution < 1.29 is 5.11 Å². The van der Waals surface area contributed by atoms with Crippen LogP contribution in [0.25, 0.3) is 0 Å². The maximum absolute atomic E-state index is 9.67. The Morgan fingerprint density at radius 3 is 2.18 bits per heavy atom. The molecule has 0 saturated heterocycles. The normalized spacial score (nSPS) is 12.0. The molecule has 1 rings (SSSR count). The van der Waals surface area contributed by atoms with Crippen molar-refractivity contribution in [2.24, 2.45) is 11.5 Å². The minimum Gasteiger partial charge on any atom is -0.507 e. The lowest BCUT2D eigenvalue weighted by molar-refractivity contribution is 0.466. The monoisotopic (exact) mass is 258 g/mol. The second-order valence-electron chi connectivity index (χ2n) is 4.39. The fourth-order valence-corrected chi connectivity index (χ4v) is 1.88. The van der Waals surface area contributed by atoms with Gasteiger partial charge in [-0.15, -0.1) is 12.4 Å². The Morgan fingerprint density at radius 1 is 1.18 bits per heavy atom. The van der Waals surface area contributed by atoms with Crippen LogP contribution in [-0.4, -0.2) is 11.7 Å². The molecule has 0 aliphatic rings. The summed E-state index contributed by atoms with van der Waals surface area (Å²) in [6, 6.07) is 3.98. The number of hydrogen-bond acceptors (Lipinski definition) is 3. The molecular formula is C13H23ClN2O. The van der Waals surface area contributed by atoms with Gasteiger partial charge in [-0.25, -0.2) is 0 Å². The molecule has 0 aromatic heterocycles. The van der Waals surface area contributed by atoms with Gasteiger partial charge in [0.15, 0.2) is 0 Å². The van der Waals surface area contributed by atoms with Gasteiger partial charge in [-0.1, -0.05) is 18.6 Å². The molecule has 5 N–H and O–H groups in total. The van der Waals surface area contributed by atoms with Crippen molar-refractivity contribution in [1.29, 1.82) is 0 Å². The molecule has 17 heavy (non-hydrogen) atoms. The highest BCUT2D eigenvalue weighted by atomic mass is 35.5. The summed E-state index contributed by atoms with van der Waals surface area (Å²) in [7, 11) is 0. The Kier molecular flexibility index (Phi) is 7.19. The Morgan fingerprint density at radius 2 is 1.71 bits per heavy atom. The number of unbranched alkanes of at least 4 members (excludes halogenated alkanes) is 1. The predicted molar refractivity (Wildman–Crippen MR) is 74.7 cm³/mol. The molecule has 98 valence electrons. The fraction of sp³-hybridized carbons (Fsp3) is 0.538. The summed E-state index contributed by atoms with van der Waals surface area (Å²) in [4.78, 5) is 0. The van der Waals surface area contributed by atoms with E-state index in [1.165, 1.54) is 0 Å². The van der Waals surface area contributed by atoms with Gasteiger partial charge < -0.3 is 16.6 Å². The minimum atomic E-state index is 0. The van der Waals surface area contributed by atoms with Crippen LogP contribution in [0.4, 0.5) is 0 Å². The van der Waals surface area contributed by atoms with Crippen LogP contribution in [0.1, 0.15) is 42.0 Å². The number of phenolic OH excluding ortho intramolecular Hbond substituents is 1. The van der Waals surface area contributed by atoms with Gasteiger partial charge in [-0.05, 0) is 49.9 Å². The van der Waals surface area contributed by atoms with E-state index in [-0.39, 0.29) is 18.4 Å². The van der Waals surface area contributed by atoms with Gasteiger partial charge in [-0.2, -0.15) is 0 Å². The van der Waals surface area contributed by atoms with E-state index >= 15 is 0 Å². The molecule has 0 saturated carbocycles. The summed E-state index contributed by atoms with van der Waals surface area (Å²) in [5, 5.41) is 9.67. The summed E-state index contributed by atoms with van der Waals surface area (Å²) in [5.74, 6) is 0.373. The predicted octanol–water partition coefficient (Wildman–Crippen LogP) is 2.56. The van der Waals surface area contributed by atoms with Gasteiger partial charge in [0.25, 0.3) is 0 Å². The number of aryl methyl sites for hydroxylation is 2. The summed E-state index contributed by atoms with van der Waals surface area (Å²) >= 11 is 0. The van der Waals surface area contributed by atoms with Gasteiger partial charge in [0.1, 0.15) is 5.75 Å². The van der Waals surface area contributed by atoms with Crippen molar-refractivity contribution in [2.75, 3.05) is 6.54 Å². The Hall–Kier alpha value is -0.770. The number of nitrogens with two attached hydrogens (primary N) is 2. The molecule has 0 amide bonds. The van der Waals surface area contributed by atoms with E-state index in [1.54, 1.807) is 0 Å². The lowest BCUT2D eigenvalue weighted by atomic mass is 9.97. The molecule has 1 aromatic carbocycles. The highest BCUT2D eigenvalue weighted by molar-refractivity contribution is 5.85. The van der Waals surface area contributed by atoms with Crippen LogP contribution in [0.5, 0.6) is 5.75 Å². The molecule has 3 nitrogen and oxygen atoms in total. The van der Waals surface area contributed by atoms with Gasteiger partial charge in [-0.3, -0.25) is 0 Å². The zero-order valence-electron chi connectivity index (χ0n) is 10.6. The smallest absolute Gasteiger partial charge is 0.121 e. The summed E-state index contributed by atoms with van der Waals surface area (Å²) < 4.78 is 0. The number of hydrogen-bond donors (Lipinski definition) is 3. The summed E-state index contributed by atoms with van der Waals surface area (Å²) in [6.07, 6.45) is 3.02. The molecule has 0 aliphatic carbocycles. The molecule has 0 radical (unpaired) electrons. The largest absolute Gasteiger partial charge is 0.507 e. The van der Waals surface area contributed by atoms with E-state index in [1.807, 2.05) is 26.0 Å². The third-order valence-corrected chi connectivity index (χ3v) is 2.91. The zero-order valence-corrected chi connectivity index (χ0v) is 11.4. The lowest BCUT2D eigenvalue weighted by Gasteiger charge is -2.14. The van der Waals surface area contributed by atoms with Crippen molar-refractivity contribution in [1.82, 2.24) is 0 Å².